The molecule has 1 N–H and O–H groups in total. The minimum Gasteiger partial charge on any atom is -0.483 e. The molecule has 2 atom stereocenters. The molecule has 156 valence electrons. The summed E-state index contributed by atoms with van der Waals surface area (Å²) in [5.74, 6) is 1.73. The number of ether oxygens (including phenoxy) is 1. The number of hydrogen-bond acceptors (Lipinski definition) is 5. The lowest BCUT2D eigenvalue weighted by molar-refractivity contribution is -0.122. The highest BCUT2D eigenvalue weighted by Gasteiger charge is 2.35. The van der Waals surface area contributed by atoms with Crippen LogP contribution in [0.4, 0.5) is 0 Å². The zero-order valence-corrected chi connectivity index (χ0v) is 16.9. The summed E-state index contributed by atoms with van der Waals surface area (Å²) >= 11 is 0. The van der Waals surface area contributed by atoms with E-state index in [1.54, 1.807) is 0 Å². The summed E-state index contributed by atoms with van der Waals surface area (Å²) in [5, 5.41) is 15.3. The first kappa shape index (κ1) is 21.0. The number of aromatic nitrogens is 3. The molecule has 1 saturated heterocycles. The molecule has 8 heteroatoms. The van der Waals surface area contributed by atoms with Gasteiger partial charge in [-0.1, -0.05) is 44.2 Å². The van der Waals surface area contributed by atoms with Gasteiger partial charge in [0.2, 0.25) is 5.82 Å². The highest BCUT2D eigenvalue weighted by atomic mass is 16.5. The third kappa shape index (κ3) is 4.82. The molecule has 1 fully saturated rings. The predicted molar refractivity (Wildman–Crippen MR) is 106 cm³/mol. The zero-order chi connectivity index (χ0) is 20.8. The van der Waals surface area contributed by atoms with Gasteiger partial charge < -0.3 is 19.3 Å². The second kappa shape index (κ2) is 9.65. The van der Waals surface area contributed by atoms with Crippen LogP contribution in [0.5, 0.6) is 0 Å². The molecule has 2 aromatic rings. The Hall–Kier alpha value is -2.74. The average Bonchev–Trinajstić information content (AvgIpc) is 3.18. The molecular formula is C21H28N4O4. The number of fused-ring (bicyclic) bond motifs is 1. The van der Waals surface area contributed by atoms with Gasteiger partial charge >= 0.3 is 0 Å². The fraction of sp³-hybridized carbons (Fsp3) is 0.524. The summed E-state index contributed by atoms with van der Waals surface area (Å²) in [6.07, 6.45) is 3.02. The summed E-state index contributed by atoms with van der Waals surface area (Å²) in [7, 11) is 0. The van der Waals surface area contributed by atoms with Crippen LogP contribution < -0.4 is 0 Å². The summed E-state index contributed by atoms with van der Waals surface area (Å²) in [4.78, 5) is 23.5. The molecule has 2 aliphatic rings. The van der Waals surface area contributed by atoms with E-state index in [-0.39, 0.29) is 24.6 Å². The van der Waals surface area contributed by atoms with Crippen LogP contribution >= 0.6 is 0 Å². The zero-order valence-electron chi connectivity index (χ0n) is 16.9. The van der Waals surface area contributed by atoms with Crippen LogP contribution in [0, 0.1) is 5.92 Å². The third-order valence-corrected chi connectivity index (χ3v) is 5.38. The van der Waals surface area contributed by atoms with Crippen molar-refractivity contribution < 1.29 is 19.4 Å². The van der Waals surface area contributed by atoms with E-state index >= 15 is 0 Å². The van der Waals surface area contributed by atoms with Crippen molar-refractivity contribution in [3.63, 3.8) is 0 Å². The number of carbonyl (C=O) groups excluding carboxylic acids is 1. The van der Waals surface area contributed by atoms with E-state index in [9.17, 15) is 4.79 Å². The third-order valence-electron chi connectivity index (χ3n) is 5.38. The van der Waals surface area contributed by atoms with Crippen LogP contribution in [0.15, 0.2) is 30.3 Å². The van der Waals surface area contributed by atoms with E-state index in [1.807, 2.05) is 27.7 Å². The minimum absolute atomic E-state index is 0.0154. The van der Waals surface area contributed by atoms with Crippen LogP contribution in [0.2, 0.25) is 0 Å². The Balaban J connectivity index is 0.000000755. The fourth-order valence-corrected chi connectivity index (χ4v) is 3.78. The fourth-order valence-electron chi connectivity index (χ4n) is 3.78. The van der Waals surface area contributed by atoms with E-state index in [1.165, 1.54) is 0 Å². The number of benzene rings is 1. The first-order chi connectivity index (χ1) is 14.0. The maximum Gasteiger partial charge on any atom is 0.292 e. The van der Waals surface area contributed by atoms with Gasteiger partial charge in [0, 0.05) is 19.5 Å². The first-order valence-corrected chi connectivity index (χ1v) is 10.0. The Morgan fingerprint density at radius 1 is 1.21 bits per heavy atom. The maximum absolute atomic E-state index is 13.2. The molecular weight excluding hydrogens is 372 g/mol. The molecule has 1 aromatic heterocycles. The number of carboxylic acid groups (broad SMARTS) is 1. The standard InChI is InChI=1S/C20H26N4O2.CH2O2/c1-14(2)16-12-23(13-17(26-16)15-8-4-3-5-9-15)20(25)19-22-21-18-10-6-7-11-24(18)19;2-1-3/h3-5,8-9,14,16-17H,6-7,10-13H2,1-2H3;1H,(H,2,3)/t16-,17+;/m1./s1. The number of carbonyl (C=O) groups is 2. The van der Waals surface area contributed by atoms with Crippen molar-refractivity contribution in [2.75, 3.05) is 13.1 Å². The monoisotopic (exact) mass is 400 g/mol. The number of nitrogens with zero attached hydrogens (tertiary/aromatic N) is 4. The number of amides is 1. The Morgan fingerprint density at radius 2 is 1.93 bits per heavy atom. The van der Waals surface area contributed by atoms with E-state index in [0.717, 1.165) is 37.2 Å². The smallest absolute Gasteiger partial charge is 0.292 e. The summed E-state index contributed by atoms with van der Waals surface area (Å²) in [6, 6.07) is 10.2. The van der Waals surface area contributed by atoms with Crippen molar-refractivity contribution in [1.29, 1.82) is 0 Å². The van der Waals surface area contributed by atoms with Gasteiger partial charge in [-0.15, -0.1) is 10.2 Å². The number of rotatable bonds is 3. The number of aryl methyl sites for hydroxylation is 1. The molecule has 0 radical (unpaired) electrons. The van der Waals surface area contributed by atoms with E-state index in [0.29, 0.717) is 24.8 Å². The predicted octanol–water partition coefficient (Wildman–Crippen LogP) is 2.55. The van der Waals surface area contributed by atoms with Crippen molar-refractivity contribution in [3.05, 3.63) is 47.5 Å². The Morgan fingerprint density at radius 3 is 2.62 bits per heavy atom. The molecule has 0 saturated carbocycles. The van der Waals surface area contributed by atoms with Crippen LogP contribution in [-0.4, -0.2) is 56.3 Å². The van der Waals surface area contributed by atoms with Crippen LogP contribution in [0.1, 0.15) is 54.8 Å². The number of morpholine rings is 1. The molecule has 0 spiro atoms. The molecule has 29 heavy (non-hydrogen) atoms. The van der Waals surface area contributed by atoms with Gasteiger partial charge in [0.1, 0.15) is 11.9 Å². The molecule has 1 amide bonds. The van der Waals surface area contributed by atoms with E-state index < -0.39 is 0 Å². The molecule has 4 rings (SSSR count). The number of hydrogen-bond donors (Lipinski definition) is 1. The van der Waals surface area contributed by atoms with Gasteiger partial charge in [-0.3, -0.25) is 9.59 Å². The Bertz CT molecular complexity index is 821. The lowest BCUT2D eigenvalue weighted by Gasteiger charge is -2.39. The van der Waals surface area contributed by atoms with Gasteiger partial charge in [0.15, 0.2) is 0 Å². The highest BCUT2D eigenvalue weighted by molar-refractivity contribution is 5.91. The van der Waals surface area contributed by atoms with Gasteiger partial charge in [0.25, 0.3) is 12.4 Å². The molecule has 0 aliphatic carbocycles. The SMILES string of the molecule is CC(C)[C@H]1CN(C(=O)c2nnc3n2CCCC3)C[C@@H](c2ccccc2)O1.O=CO. The molecule has 8 nitrogen and oxygen atoms in total. The quantitative estimate of drug-likeness (QED) is 0.795. The molecule has 2 aliphatic heterocycles. The Kier molecular flexibility index (Phi) is 6.98. The van der Waals surface area contributed by atoms with Crippen molar-refractivity contribution in [3.8, 4) is 0 Å². The summed E-state index contributed by atoms with van der Waals surface area (Å²) < 4.78 is 8.31. The van der Waals surface area contributed by atoms with E-state index in [2.05, 4.69) is 36.2 Å². The van der Waals surface area contributed by atoms with Gasteiger partial charge in [-0.25, -0.2) is 0 Å². The largest absolute Gasteiger partial charge is 0.483 e. The maximum atomic E-state index is 13.2. The van der Waals surface area contributed by atoms with Crippen LogP contribution in [0.25, 0.3) is 0 Å². The second-order valence-electron chi connectivity index (χ2n) is 7.68. The normalized spacial score (nSPS) is 21.1. The minimum atomic E-state index is -0.250. The lowest BCUT2D eigenvalue weighted by atomic mass is 10.0. The van der Waals surface area contributed by atoms with Crippen molar-refractivity contribution in [2.45, 2.75) is 51.9 Å². The molecule has 0 unspecified atom stereocenters. The first-order valence-electron chi connectivity index (χ1n) is 10.0. The summed E-state index contributed by atoms with van der Waals surface area (Å²) in [6.45, 7) is 6.01. The second-order valence-corrected chi connectivity index (χ2v) is 7.68. The van der Waals surface area contributed by atoms with Crippen LogP contribution in [0.3, 0.4) is 0 Å². The van der Waals surface area contributed by atoms with Gasteiger partial charge in [0.05, 0.1) is 12.6 Å². The summed E-state index contributed by atoms with van der Waals surface area (Å²) in [5.41, 5.74) is 1.11. The average molecular weight is 400 g/mol. The van der Waals surface area contributed by atoms with Gasteiger partial charge in [-0.2, -0.15) is 0 Å². The van der Waals surface area contributed by atoms with Crippen molar-refractivity contribution in [1.82, 2.24) is 19.7 Å². The molecule has 3 heterocycles. The lowest BCUT2D eigenvalue weighted by Crippen LogP contribution is -2.49. The van der Waals surface area contributed by atoms with Crippen LogP contribution in [-0.2, 0) is 22.5 Å². The molecule has 1 aromatic carbocycles. The van der Waals surface area contributed by atoms with Gasteiger partial charge in [-0.05, 0) is 24.3 Å². The van der Waals surface area contributed by atoms with Crippen molar-refractivity contribution in [2.24, 2.45) is 5.92 Å². The molecule has 0 bridgehead atoms. The topological polar surface area (TPSA) is 97.5 Å². The van der Waals surface area contributed by atoms with E-state index in [4.69, 9.17) is 14.6 Å². The highest BCUT2D eigenvalue weighted by Crippen LogP contribution is 2.29. The Labute approximate surface area is 170 Å². The van der Waals surface area contributed by atoms with Crippen molar-refractivity contribution >= 4 is 12.4 Å².